The molecule has 0 radical (unpaired) electrons. The number of ketones is 1. The number of nitrogens with zero attached hydrogens (tertiary/aromatic N) is 2. The van der Waals surface area contributed by atoms with Crippen LogP contribution in [-0.2, 0) is 11.0 Å². The summed E-state index contributed by atoms with van der Waals surface area (Å²) in [6, 6.07) is 14.1. The minimum absolute atomic E-state index is 0.0446. The van der Waals surface area contributed by atoms with E-state index in [9.17, 15) is 23.2 Å². The Morgan fingerprint density at radius 3 is 2.48 bits per heavy atom. The fourth-order valence-electron chi connectivity index (χ4n) is 4.19. The van der Waals surface area contributed by atoms with Crippen molar-refractivity contribution in [3.05, 3.63) is 86.8 Å². The molecule has 158 valence electrons. The van der Waals surface area contributed by atoms with Gasteiger partial charge < -0.3 is 5.73 Å². The number of alkyl halides is 3. The molecule has 0 saturated carbocycles. The van der Waals surface area contributed by atoms with Crippen molar-refractivity contribution in [2.24, 2.45) is 5.73 Å². The van der Waals surface area contributed by atoms with Crippen molar-refractivity contribution < 1.29 is 18.0 Å². The first-order valence-corrected chi connectivity index (χ1v) is 10.4. The Hall–Kier alpha value is -3.05. The molecule has 4 nitrogen and oxygen atoms in total. The van der Waals surface area contributed by atoms with Crippen LogP contribution < -0.4 is 10.6 Å². The molecule has 0 spiro atoms. The summed E-state index contributed by atoms with van der Waals surface area (Å²) >= 11 is 3.38. The highest BCUT2D eigenvalue weighted by molar-refractivity contribution is 9.10. The second kappa shape index (κ2) is 7.89. The van der Waals surface area contributed by atoms with Gasteiger partial charge in [0.05, 0.1) is 23.1 Å². The number of benzene rings is 2. The summed E-state index contributed by atoms with van der Waals surface area (Å²) in [5.41, 5.74) is 7.60. The lowest BCUT2D eigenvalue weighted by atomic mass is 9.75. The number of hydrogen-bond acceptors (Lipinski definition) is 4. The van der Waals surface area contributed by atoms with E-state index in [1.54, 1.807) is 0 Å². The highest BCUT2D eigenvalue weighted by Crippen LogP contribution is 2.46. The lowest BCUT2D eigenvalue weighted by molar-refractivity contribution is -0.137. The fourth-order valence-corrected chi connectivity index (χ4v) is 4.46. The summed E-state index contributed by atoms with van der Waals surface area (Å²) in [5, 5.41) is 9.94. The van der Waals surface area contributed by atoms with E-state index in [-0.39, 0.29) is 22.9 Å². The lowest BCUT2D eigenvalue weighted by Gasteiger charge is -2.39. The van der Waals surface area contributed by atoms with Gasteiger partial charge in [0.1, 0.15) is 5.82 Å². The third kappa shape index (κ3) is 3.74. The van der Waals surface area contributed by atoms with Crippen molar-refractivity contribution in [2.45, 2.75) is 31.4 Å². The quantitative estimate of drug-likeness (QED) is 0.583. The zero-order valence-corrected chi connectivity index (χ0v) is 17.8. The molecule has 8 heteroatoms. The predicted molar refractivity (Wildman–Crippen MR) is 114 cm³/mol. The number of allylic oxidation sites excluding steroid dienone is 3. The normalized spacial score (nSPS) is 19.4. The number of carbonyl (C=O) groups is 1. The molecular formula is C23H17BrF3N3O. The molecule has 0 saturated heterocycles. The topological polar surface area (TPSA) is 70.1 Å². The van der Waals surface area contributed by atoms with Gasteiger partial charge >= 0.3 is 6.18 Å². The van der Waals surface area contributed by atoms with Gasteiger partial charge in [-0.1, -0.05) is 34.1 Å². The lowest BCUT2D eigenvalue weighted by Crippen LogP contribution is -2.38. The van der Waals surface area contributed by atoms with E-state index in [0.29, 0.717) is 30.5 Å². The second-order valence-corrected chi connectivity index (χ2v) is 8.33. The van der Waals surface area contributed by atoms with Crippen LogP contribution in [-0.4, -0.2) is 5.78 Å². The zero-order valence-electron chi connectivity index (χ0n) is 16.2. The van der Waals surface area contributed by atoms with E-state index >= 15 is 0 Å². The molecule has 0 bridgehead atoms. The Kier molecular flexibility index (Phi) is 5.40. The van der Waals surface area contributed by atoms with Crippen LogP contribution in [0.3, 0.4) is 0 Å². The van der Waals surface area contributed by atoms with Crippen LogP contribution in [0.25, 0.3) is 0 Å². The molecule has 1 aliphatic carbocycles. The smallest absolute Gasteiger partial charge is 0.384 e. The maximum Gasteiger partial charge on any atom is 0.416 e. The highest BCUT2D eigenvalue weighted by atomic mass is 79.9. The number of nitrogens with two attached hydrogens (primary N) is 1. The number of nitriles is 1. The van der Waals surface area contributed by atoms with Crippen LogP contribution in [0.5, 0.6) is 0 Å². The summed E-state index contributed by atoms with van der Waals surface area (Å²) in [7, 11) is 0. The van der Waals surface area contributed by atoms with E-state index in [0.717, 1.165) is 22.2 Å². The number of halogens is 4. The molecule has 0 aromatic heterocycles. The van der Waals surface area contributed by atoms with Crippen molar-refractivity contribution in [1.82, 2.24) is 0 Å². The van der Waals surface area contributed by atoms with Crippen molar-refractivity contribution in [3.63, 3.8) is 0 Å². The van der Waals surface area contributed by atoms with E-state index in [1.807, 2.05) is 24.3 Å². The van der Waals surface area contributed by atoms with E-state index in [4.69, 9.17) is 5.73 Å². The van der Waals surface area contributed by atoms with Crippen LogP contribution in [0.2, 0.25) is 0 Å². The first-order valence-electron chi connectivity index (χ1n) is 9.61. The van der Waals surface area contributed by atoms with E-state index < -0.39 is 17.7 Å². The Labute approximate surface area is 185 Å². The minimum atomic E-state index is -4.53. The van der Waals surface area contributed by atoms with Gasteiger partial charge in [0.2, 0.25) is 0 Å². The van der Waals surface area contributed by atoms with Gasteiger partial charge in [0, 0.05) is 27.9 Å². The zero-order chi connectivity index (χ0) is 22.3. The predicted octanol–water partition coefficient (Wildman–Crippen LogP) is 5.77. The maximum absolute atomic E-state index is 13.3. The van der Waals surface area contributed by atoms with Gasteiger partial charge in [-0.15, -0.1) is 0 Å². The van der Waals surface area contributed by atoms with Crippen LogP contribution in [0.15, 0.2) is 75.7 Å². The molecular weight excluding hydrogens is 471 g/mol. The molecule has 0 unspecified atom stereocenters. The average Bonchev–Trinajstić information content (AvgIpc) is 2.73. The van der Waals surface area contributed by atoms with E-state index in [2.05, 4.69) is 22.0 Å². The largest absolute Gasteiger partial charge is 0.416 e. The van der Waals surface area contributed by atoms with Gasteiger partial charge in [0.25, 0.3) is 0 Å². The van der Waals surface area contributed by atoms with Crippen LogP contribution in [0.1, 0.15) is 36.3 Å². The Balaban J connectivity index is 1.94. The molecule has 2 aromatic carbocycles. The maximum atomic E-state index is 13.3. The Morgan fingerprint density at radius 1 is 1.13 bits per heavy atom. The van der Waals surface area contributed by atoms with Gasteiger partial charge in [-0.2, -0.15) is 18.4 Å². The Bertz CT molecular complexity index is 1160. The average molecular weight is 488 g/mol. The molecule has 1 atom stereocenters. The highest BCUT2D eigenvalue weighted by Gasteiger charge is 2.40. The molecule has 2 aliphatic rings. The molecule has 1 aliphatic heterocycles. The van der Waals surface area contributed by atoms with E-state index in [1.165, 1.54) is 17.0 Å². The standard InChI is InChI=1S/C23H17BrF3N3O/c24-15-9-7-13(8-10-15)20-17(12-28)22(29)30(18-5-2-6-19(31)21(18)20)16-4-1-3-14(11-16)23(25,26)27/h1,3-4,7-11,20H,2,5-6,29H2/t20-/m0/s1. The number of rotatable bonds is 2. The van der Waals surface area contributed by atoms with Gasteiger partial charge in [-0.3, -0.25) is 9.69 Å². The van der Waals surface area contributed by atoms with Gasteiger partial charge in [0.15, 0.2) is 5.78 Å². The van der Waals surface area contributed by atoms with Crippen molar-refractivity contribution >= 4 is 27.4 Å². The summed E-state index contributed by atoms with van der Waals surface area (Å²) < 4.78 is 40.8. The first-order chi connectivity index (χ1) is 14.7. The van der Waals surface area contributed by atoms with Gasteiger partial charge in [-0.25, -0.2) is 0 Å². The summed E-state index contributed by atoms with van der Waals surface area (Å²) in [5.74, 6) is -0.725. The summed E-state index contributed by atoms with van der Waals surface area (Å²) in [6.45, 7) is 0. The number of Topliss-reactive ketones (excluding diaryl/α,β-unsaturated/α-hetero) is 1. The monoisotopic (exact) mass is 487 g/mol. The third-order valence-corrected chi connectivity index (χ3v) is 6.08. The third-order valence-electron chi connectivity index (χ3n) is 5.55. The molecule has 0 fully saturated rings. The molecule has 1 heterocycles. The molecule has 2 N–H and O–H groups in total. The van der Waals surface area contributed by atoms with Crippen molar-refractivity contribution in [1.29, 1.82) is 5.26 Å². The molecule has 2 aromatic rings. The second-order valence-electron chi connectivity index (χ2n) is 7.42. The van der Waals surface area contributed by atoms with Crippen molar-refractivity contribution in [3.8, 4) is 6.07 Å². The minimum Gasteiger partial charge on any atom is -0.384 e. The summed E-state index contributed by atoms with van der Waals surface area (Å²) in [4.78, 5) is 14.4. The summed E-state index contributed by atoms with van der Waals surface area (Å²) in [6.07, 6.45) is -3.16. The first kappa shape index (κ1) is 21.2. The van der Waals surface area contributed by atoms with Crippen LogP contribution in [0, 0.1) is 11.3 Å². The number of anilines is 1. The van der Waals surface area contributed by atoms with Gasteiger partial charge in [-0.05, 0) is 48.7 Å². The van der Waals surface area contributed by atoms with Crippen LogP contribution >= 0.6 is 15.9 Å². The molecule has 0 amide bonds. The Morgan fingerprint density at radius 2 is 1.84 bits per heavy atom. The number of hydrogen-bond donors (Lipinski definition) is 1. The molecule has 4 rings (SSSR count). The van der Waals surface area contributed by atoms with Crippen LogP contribution in [0.4, 0.5) is 18.9 Å². The SMILES string of the molecule is N#CC1=C(N)N(c2cccc(C(F)(F)F)c2)C2=C(C(=O)CCC2)[C@H]1c1ccc(Br)cc1. The van der Waals surface area contributed by atoms with Crippen molar-refractivity contribution in [2.75, 3.05) is 4.90 Å². The fraction of sp³-hybridized carbons (Fsp3) is 0.217. The molecule has 31 heavy (non-hydrogen) atoms. The number of carbonyl (C=O) groups excluding carboxylic acids is 1.